The lowest BCUT2D eigenvalue weighted by Crippen LogP contribution is -2.25. The second-order valence-electron chi connectivity index (χ2n) is 6.08. The molecule has 154 valence electrons. The third-order valence-electron chi connectivity index (χ3n) is 3.89. The molecule has 0 aliphatic rings. The first-order valence-corrected chi connectivity index (χ1v) is 9.92. The quantitative estimate of drug-likeness (QED) is 0.316. The fraction of sp³-hybridized carbons (Fsp3) is 0.0556. The molecule has 11 nitrogen and oxygen atoms in total. The number of carbonyl (C=O) groups is 1. The Morgan fingerprint density at radius 1 is 1.00 bits per heavy atom. The number of benzene rings is 2. The smallest absolute Gasteiger partial charge is 0.302 e. The molecule has 12 heteroatoms. The summed E-state index contributed by atoms with van der Waals surface area (Å²) in [7, 11) is -4.02. The van der Waals surface area contributed by atoms with Crippen molar-refractivity contribution < 1.29 is 13.2 Å². The van der Waals surface area contributed by atoms with Gasteiger partial charge in [0.05, 0.1) is 16.3 Å². The highest BCUT2D eigenvalue weighted by Gasteiger charge is 2.17. The normalized spacial score (nSPS) is 11.5. The molecule has 0 bridgehead atoms. The number of sulfonamides is 1. The fourth-order valence-corrected chi connectivity index (χ4v) is 3.36. The predicted molar refractivity (Wildman–Crippen MR) is 110 cm³/mol. The number of azo groups is 1. The summed E-state index contributed by atoms with van der Waals surface area (Å²) < 4.78 is 27.9. The molecule has 0 fully saturated rings. The van der Waals surface area contributed by atoms with Crippen LogP contribution in [0.5, 0.6) is 0 Å². The standard InChI is InChI=1S/C18H17N7O4S/c1-11-15(17(27)25(23-11)16(26)12-5-3-2-4-6-12)22-21-13-7-9-14(10-8-13)30(28,29)24-18(19)20/h2-10,23H,1H3,(H4,19,20,24). The van der Waals surface area contributed by atoms with Crippen LogP contribution >= 0.6 is 0 Å². The number of hydrogen-bond donors (Lipinski definition) is 3. The van der Waals surface area contributed by atoms with Gasteiger partial charge in [0, 0.05) is 5.56 Å². The van der Waals surface area contributed by atoms with Crippen LogP contribution in [0.25, 0.3) is 0 Å². The van der Waals surface area contributed by atoms with E-state index in [0.717, 1.165) is 4.68 Å². The molecule has 0 aliphatic carbocycles. The van der Waals surface area contributed by atoms with Crippen molar-refractivity contribution in [2.45, 2.75) is 11.8 Å². The Balaban J connectivity index is 1.87. The average Bonchev–Trinajstić information content (AvgIpc) is 2.99. The maximum Gasteiger partial charge on any atom is 0.302 e. The largest absolute Gasteiger partial charge is 0.369 e. The van der Waals surface area contributed by atoms with Gasteiger partial charge in [-0.25, -0.2) is 0 Å². The highest BCUT2D eigenvalue weighted by molar-refractivity contribution is 7.90. The Hall–Kier alpha value is -4.06. The molecule has 1 aromatic heterocycles. The molecule has 0 aliphatic heterocycles. The molecular formula is C18H17N7O4S. The van der Waals surface area contributed by atoms with E-state index in [-0.39, 0.29) is 16.3 Å². The van der Waals surface area contributed by atoms with E-state index in [1.807, 2.05) is 0 Å². The van der Waals surface area contributed by atoms with E-state index in [9.17, 15) is 18.0 Å². The molecule has 0 spiro atoms. The first kappa shape index (κ1) is 20.7. The second kappa shape index (κ2) is 8.13. The Bertz CT molecular complexity index is 1300. The number of nitrogens with two attached hydrogens (primary N) is 2. The zero-order valence-corrected chi connectivity index (χ0v) is 16.5. The van der Waals surface area contributed by atoms with Crippen LogP contribution in [0.4, 0.5) is 11.4 Å². The lowest BCUT2D eigenvalue weighted by atomic mass is 10.2. The van der Waals surface area contributed by atoms with E-state index < -0.39 is 27.4 Å². The summed E-state index contributed by atoms with van der Waals surface area (Å²) in [6.45, 7) is 1.58. The summed E-state index contributed by atoms with van der Waals surface area (Å²) in [5.41, 5.74) is 10.5. The van der Waals surface area contributed by atoms with Crippen LogP contribution in [0.15, 0.2) is 78.9 Å². The minimum absolute atomic E-state index is 0.0449. The number of aromatic amines is 1. The van der Waals surface area contributed by atoms with Crippen molar-refractivity contribution in [1.82, 2.24) is 9.78 Å². The fourth-order valence-electron chi connectivity index (χ4n) is 2.49. The van der Waals surface area contributed by atoms with Gasteiger partial charge in [0.15, 0.2) is 5.69 Å². The van der Waals surface area contributed by atoms with Crippen LogP contribution in [-0.2, 0) is 10.0 Å². The molecule has 0 atom stereocenters. The molecule has 3 aromatic rings. The van der Waals surface area contributed by atoms with Gasteiger partial charge in [-0.2, -0.15) is 18.2 Å². The summed E-state index contributed by atoms with van der Waals surface area (Å²) in [6.07, 6.45) is 0. The molecule has 3 rings (SSSR count). The summed E-state index contributed by atoms with van der Waals surface area (Å²) >= 11 is 0. The molecule has 0 saturated heterocycles. The maximum atomic E-state index is 12.6. The summed E-state index contributed by atoms with van der Waals surface area (Å²) in [6, 6.07) is 13.5. The van der Waals surface area contributed by atoms with E-state index in [1.165, 1.54) is 24.3 Å². The molecule has 5 N–H and O–H groups in total. The molecule has 1 heterocycles. The number of aromatic nitrogens is 2. The number of nitrogens with zero attached hydrogens (tertiary/aromatic N) is 4. The Labute approximate surface area is 170 Å². The first-order chi connectivity index (χ1) is 14.2. The van der Waals surface area contributed by atoms with Crippen molar-refractivity contribution >= 4 is 33.3 Å². The third-order valence-corrected chi connectivity index (χ3v) is 5.21. The van der Waals surface area contributed by atoms with Crippen molar-refractivity contribution in [1.29, 1.82) is 0 Å². The Kier molecular flexibility index (Phi) is 5.60. The van der Waals surface area contributed by atoms with E-state index in [2.05, 4.69) is 19.7 Å². The van der Waals surface area contributed by atoms with Crippen LogP contribution in [0.3, 0.4) is 0 Å². The van der Waals surface area contributed by atoms with Crippen LogP contribution in [0.2, 0.25) is 0 Å². The summed E-state index contributed by atoms with van der Waals surface area (Å²) in [5.74, 6) is -1.11. The number of aryl methyl sites for hydroxylation is 1. The lowest BCUT2D eigenvalue weighted by Gasteiger charge is -1.99. The number of H-pyrrole nitrogens is 1. The SMILES string of the molecule is Cc1[nH]n(C(=O)c2ccccc2)c(=O)c1N=Nc1ccc(S(=O)(=O)N=C(N)N)cc1. The van der Waals surface area contributed by atoms with Gasteiger partial charge in [-0.3, -0.25) is 14.7 Å². The molecule has 0 saturated carbocycles. The van der Waals surface area contributed by atoms with E-state index in [1.54, 1.807) is 37.3 Å². The highest BCUT2D eigenvalue weighted by atomic mass is 32.2. The van der Waals surface area contributed by atoms with Gasteiger partial charge in [0.2, 0.25) is 5.96 Å². The molecule has 0 amide bonds. The molecule has 0 radical (unpaired) electrons. The average molecular weight is 427 g/mol. The Morgan fingerprint density at radius 2 is 1.63 bits per heavy atom. The number of rotatable bonds is 5. The number of carbonyl (C=O) groups excluding carboxylic acids is 1. The molecule has 2 aromatic carbocycles. The minimum Gasteiger partial charge on any atom is -0.369 e. The monoisotopic (exact) mass is 427 g/mol. The van der Waals surface area contributed by atoms with Gasteiger partial charge in [-0.15, -0.1) is 9.51 Å². The second-order valence-corrected chi connectivity index (χ2v) is 7.69. The number of nitrogens with one attached hydrogen (secondary N) is 1. The van der Waals surface area contributed by atoms with Crippen LogP contribution in [-0.4, -0.2) is 30.1 Å². The van der Waals surface area contributed by atoms with Gasteiger partial charge in [-0.1, -0.05) is 18.2 Å². The van der Waals surface area contributed by atoms with Crippen LogP contribution < -0.4 is 17.0 Å². The summed E-state index contributed by atoms with van der Waals surface area (Å²) in [5, 5.41) is 10.5. The molecular weight excluding hydrogens is 410 g/mol. The van der Waals surface area contributed by atoms with Gasteiger partial charge in [0.1, 0.15) is 0 Å². The predicted octanol–water partition coefficient (Wildman–Crippen LogP) is 1.55. The Morgan fingerprint density at radius 3 is 2.23 bits per heavy atom. The number of hydrogen-bond acceptors (Lipinski definition) is 6. The third kappa shape index (κ3) is 4.33. The van der Waals surface area contributed by atoms with Gasteiger partial charge < -0.3 is 11.5 Å². The van der Waals surface area contributed by atoms with E-state index in [4.69, 9.17) is 11.5 Å². The summed E-state index contributed by atoms with van der Waals surface area (Å²) in [4.78, 5) is 24.9. The van der Waals surface area contributed by atoms with Crippen LogP contribution in [0, 0.1) is 6.92 Å². The van der Waals surface area contributed by atoms with Gasteiger partial charge >= 0.3 is 5.56 Å². The highest BCUT2D eigenvalue weighted by Crippen LogP contribution is 2.21. The van der Waals surface area contributed by atoms with Crippen molar-refractivity contribution in [3.8, 4) is 0 Å². The van der Waals surface area contributed by atoms with Crippen molar-refractivity contribution in [2.24, 2.45) is 26.1 Å². The van der Waals surface area contributed by atoms with Gasteiger partial charge in [-0.05, 0) is 43.3 Å². The topological polar surface area (TPSA) is 178 Å². The van der Waals surface area contributed by atoms with E-state index in [0.29, 0.717) is 11.3 Å². The first-order valence-electron chi connectivity index (χ1n) is 8.48. The molecule has 0 unspecified atom stereocenters. The lowest BCUT2D eigenvalue weighted by molar-refractivity contribution is 0.0941. The van der Waals surface area contributed by atoms with Gasteiger partial charge in [0.25, 0.3) is 15.9 Å². The van der Waals surface area contributed by atoms with Crippen molar-refractivity contribution in [3.63, 3.8) is 0 Å². The maximum absolute atomic E-state index is 12.6. The number of guanidine groups is 1. The zero-order chi connectivity index (χ0) is 21.9. The minimum atomic E-state index is -4.02. The van der Waals surface area contributed by atoms with Crippen LogP contribution in [0.1, 0.15) is 16.1 Å². The van der Waals surface area contributed by atoms with Crippen molar-refractivity contribution in [3.05, 3.63) is 76.2 Å². The zero-order valence-electron chi connectivity index (χ0n) is 15.7. The molecule has 30 heavy (non-hydrogen) atoms. The van der Waals surface area contributed by atoms with Crippen molar-refractivity contribution in [2.75, 3.05) is 0 Å². The van der Waals surface area contributed by atoms with E-state index >= 15 is 0 Å².